The first kappa shape index (κ1) is 18.5. The first-order valence-electron chi connectivity index (χ1n) is 7.25. The highest BCUT2D eigenvalue weighted by atomic mass is 127. The number of aryl methyl sites for hydroxylation is 1. The molecule has 0 bridgehead atoms. The third kappa shape index (κ3) is 5.09. The summed E-state index contributed by atoms with van der Waals surface area (Å²) in [6.45, 7) is 4.67. The van der Waals surface area contributed by atoms with E-state index in [1.165, 1.54) is 6.08 Å². The summed E-state index contributed by atoms with van der Waals surface area (Å²) in [6.07, 6.45) is 3.05. The van der Waals surface area contributed by atoms with Crippen LogP contribution in [0.25, 0.3) is 0 Å². The Bertz CT molecular complexity index is 637. The topological polar surface area (TPSA) is 49.4 Å². The van der Waals surface area contributed by atoms with Gasteiger partial charge in [0.05, 0.1) is 10.0 Å². The van der Waals surface area contributed by atoms with Crippen molar-refractivity contribution < 1.29 is 9.59 Å². The van der Waals surface area contributed by atoms with Gasteiger partial charge in [-0.2, -0.15) is 0 Å². The number of carbonyl (C=O) groups excluding carboxylic acids is 2. The van der Waals surface area contributed by atoms with Crippen LogP contribution >= 0.6 is 45.8 Å². The Morgan fingerprint density at radius 2 is 2.09 bits per heavy atom. The molecule has 1 fully saturated rings. The molecule has 0 unspecified atom stereocenters. The van der Waals surface area contributed by atoms with E-state index in [0.29, 0.717) is 36.0 Å². The van der Waals surface area contributed by atoms with E-state index >= 15 is 0 Å². The lowest BCUT2D eigenvalue weighted by Gasteiger charge is -2.15. The van der Waals surface area contributed by atoms with Gasteiger partial charge in [0.15, 0.2) is 0 Å². The van der Waals surface area contributed by atoms with E-state index in [9.17, 15) is 9.59 Å². The first-order valence-corrected chi connectivity index (χ1v) is 9.08. The van der Waals surface area contributed by atoms with Gasteiger partial charge in [-0.25, -0.2) is 0 Å². The van der Waals surface area contributed by atoms with Crippen molar-refractivity contribution in [3.05, 3.63) is 44.0 Å². The molecule has 2 amide bonds. The molecular formula is C16H17Cl2IN2O2. The molecule has 0 saturated carbocycles. The third-order valence-corrected chi connectivity index (χ3v) is 5.48. The van der Waals surface area contributed by atoms with Crippen LogP contribution in [-0.4, -0.2) is 35.8 Å². The molecule has 1 aromatic carbocycles. The molecule has 2 rings (SSSR count). The molecular weight excluding hydrogens is 450 g/mol. The molecule has 1 N–H and O–H groups in total. The highest BCUT2D eigenvalue weighted by Crippen LogP contribution is 2.27. The molecule has 7 heteroatoms. The van der Waals surface area contributed by atoms with Crippen LogP contribution in [0.5, 0.6) is 0 Å². The highest BCUT2D eigenvalue weighted by molar-refractivity contribution is 14.1. The molecule has 124 valence electrons. The maximum absolute atomic E-state index is 12.1. The Hall–Kier alpha value is -0.790. The summed E-state index contributed by atoms with van der Waals surface area (Å²) in [6, 6.07) is 3.62. The van der Waals surface area contributed by atoms with Gasteiger partial charge in [-0.05, 0) is 59.2 Å². The van der Waals surface area contributed by atoms with Gasteiger partial charge in [0.1, 0.15) is 0 Å². The number of likely N-dealkylation sites (tertiary alicyclic amines) is 1. The number of benzene rings is 1. The molecule has 4 nitrogen and oxygen atoms in total. The highest BCUT2D eigenvalue weighted by Gasteiger charge is 2.25. The largest absolute Gasteiger partial charge is 0.352 e. The number of nitrogens with zero attached hydrogens (tertiary/aromatic N) is 1. The van der Waals surface area contributed by atoms with E-state index < -0.39 is 0 Å². The number of carbonyl (C=O) groups is 2. The van der Waals surface area contributed by atoms with Crippen LogP contribution < -0.4 is 5.32 Å². The third-order valence-electron chi connectivity index (χ3n) is 3.75. The van der Waals surface area contributed by atoms with Crippen molar-refractivity contribution in [1.29, 1.82) is 0 Å². The first-order chi connectivity index (χ1) is 10.9. The zero-order valence-corrected chi connectivity index (χ0v) is 16.1. The molecule has 0 spiro atoms. The van der Waals surface area contributed by atoms with Gasteiger partial charge in [-0.15, -0.1) is 0 Å². The summed E-state index contributed by atoms with van der Waals surface area (Å²) in [7, 11) is 0. The maximum atomic E-state index is 12.1. The van der Waals surface area contributed by atoms with Crippen LogP contribution in [0, 0.1) is 3.57 Å². The Morgan fingerprint density at radius 1 is 1.39 bits per heavy atom. The van der Waals surface area contributed by atoms with Gasteiger partial charge in [-0.1, -0.05) is 29.8 Å². The van der Waals surface area contributed by atoms with Crippen molar-refractivity contribution in [3.63, 3.8) is 0 Å². The summed E-state index contributed by atoms with van der Waals surface area (Å²) in [5.41, 5.74) is 1.00. The summed E-state index contributed by atoms with van der Waals surface area (Å²) < 4.78 is 0.994. The zero-order chi connectivity index (χ0) is 17.0. The summed E-state index contributed by atoms with van der Waals surface area (Å²) in [5.74, 6) is -0.114. The number of hydrogen-bond donors (Lipinski definition) is 1. The number of halogens is 3. The second-order valence-electron chi connectivity index (χ2n) is 5.40. The molecule has 23 heavy (non-hydrogen) atoms. The lowest BCUT2D eigenvalue weighted by atomic mass is 10.1. The molecule has 1 saturated heterocycles. The average molecular weight is 467 g/mol. The van der Waals surface area contributed by atoms with Crippen molar-refractivity contribution in [3.8, 4) is 0 Å². The molecule has 1 aliphatic rings. The minimum absolute atomic E-state index is 0.0132. The average Bonchev–Trinajstić information content (AvgIpc) is 2.97. The molecule has 1 heterocycles. The van der Waals surface area contributed by atoms with Crippen molar-refractivity contribution in [2.45, 2.75) is 25.3 Å². The van der Waals surface area contributed by atoms with Gasteiger partial charge >= 0.3 is 0 Å². The monoisotopic (exact) mass is 466 g/mol. The Morgan fingerprint density at radius 3 is 2.78 bits per heavy atom. The fraction of sp³-hybridized carbons (Fsp3) is 0.375. The summed E-state index contributed by atoms with van der Waals surface area (Å²) in [4.78, 5) is 25.3. The number of amides is 2. The quantitative estimate of drug-likeness (QED) is 0.410. The van der Waals surface area contributed by atoms with Crippen molar-refractivity contribution in [2.75, 3.05) is 13.1 Å². The van der Waals surface area contributed by atoms with Gasteiger partial charge < -0.3 is 10.2 Å². The van der Waals surface area contributed by atoms with Crippen LogP contribution in [0.3, 0.4) is 0 Å². The maximum Gasteiger partial charge on any atom is 0.246 e. The summed E-state index contributed by atoms with van der Waals surface area (Å²) >= 11 is 14.2. The van der Waals surface area contributed by atoms with E-state index in [4.69, 9.17) is 23.2 Å². The van der Waals surface area contributed by atoms with Crippen LogP contribution in [0.4, 0.5) is 0 Å². The van der Waals surface area contributed by atoms with Crippen LogP contribution in [0.2, 0.25) is 10.0 Å². The van der Waals surface area contributed by atoms with E-state index in [1.54, 1.807) is 17.0 Å². The van der Waals surface area contributed by atoms with Crippen molar-refractivity contribution in [2.24, 2.45) is 0 Å². The lowest BCUT2D eigenvalue weighted by molar-refractivity contribution is -0.126. The van der Waals surface area contributed by atoms with Gasteiger partial charge in [-0.3, -0.25) is 9.59 Å². The SMILES string of the molecule is C=CC(=O)N1CC[C@@H](NC(=O)CCc2cc(Cl)c(Cl)cc2I)C1. The van der Waals surface area contributed by atoms with Gasteiger partial charge in [0.2, 0.25) is 11.8 Å². The predicted octanol–water partition coefficient (Wildman–Crippen LogP) is 3.43. The second-order valence-corrected chi connectivity index (χ2v) is 7.38. The Labute approximate surface area is 159 Å². The van der Waals surface area contributed by atoms with Crippen LogP contribution in [0.1, 0.15) is 18.4 Å². The predicted molar refractivity (Wildman–Crippen MR) is 101 cm³/mol. The van der Waals surface area contributed by atoms with Crippen molar-refractivity contribution >= 4 is 57.6 Å². The standard InChI is InChI=1S/C16H17Cl2IN2O2/c1-2-16(23)21-6-5-11(9-21)20-15(22)4-3-10-7-12(17)13(18)8-14(10)19/h2,7-8,11H,1,3-6,9H2,(H,20,22)/t11-/m1/s1. The van der Waals surface area contributed by atoms with Gasteiger partial charge in [0, 0.05) is 29.1 Å². The van der Waals surface area contributed by atoms with Gasteiger partial charge in [0.25, 0.3) is 0 Å². The normalized spacial score (nSPS) is 17.2. The molecule has 0 aliphatic carbocycles. The minimum atomic E-state index is -0.0906. The van der Waals surface area contributed by atoms with Crippen LogP contribution in [-0.2, 0) is 16.0 Å². The van der Waals surface area contributed by atoms with E-state index in [2.05, 4.69) is 34.5 Å². The molecule has 1 atom stereocenters. The smallest absolute Gasteiger partial charge is 0.246 e. The minimum Gasteiger partial charge on any atom is -0.352 e. The van der Waals surface area contributed by atoms with E-state index in [0.717, 1.165) is 15.6 Å². The zero-order valence-electron chi connectivity index (χ0n) is 12.4. The molecule has 1 aliphatic heterocycles. The number of rotatable bonds is 5. The molecule has 1 aromatic rings. The van der Waals surface area contributed by atoms with E-state index in [1.807, 2.05) is 0 Å². The Kier molecular flexibility index (Phi) is 6.73. The second kappa shape index (κ2) is 8.35. The van der Waals surface area contributed by atoms with E-state index in [-0.39, 0.29) is 17.9 Å². The summed E-state index contributed by atoms with van der Waals surface area (Å²) in [5, 5.41) is 3.99. The number of hydrogen-bond acceptors (Lipinski definition) is 2. The van der Waals surface area contributed by atoms with Crippen LogP contribution in [0.15, 0.2) is 24.8 Å². The lowest BCUT2D eigenvalue weighted by Crippen LogP contribution is -2.38. The fourth-order valence-corrected chi connectivity index (χ4v) is 3.78. The van der Waals surface area contributed by atoms with Crippen molar-refractivity contribution in [1.82, 2.24) is 10.2 Å². The number of nitrogens with one attached hydrogen (secondary N) is 1. The fourth-order valence-electron chi connectivity index (χ4n) is 2.51. The molecule has 0 radical (unpaired) electrons. The molecule has 0 aromatic heterocycles. The Balaban J connectivity index is 1.83.